The molecule has 0 spiro atoms. The second kappa shape index (κ2) is 12.4. The topological polar surface area (TPSA) is 12.0 Å². The third-order valence-corrected chi connectivity index (χ3v) is 4.78. The molecular formula is C26H34F3N. The van der Waals surface area contributed by atoms with Gasteiger partial charge in [-0.05, 0) is 62.1 Å². The number of hydrogen-bond acceptors (Lipinski definition) is 1. The first-order valence-electron chi connectivity index (χ1n) is 10.5. The Morgan fingerprint density at radius 2 is 1.83 bits per heavy atom. The summed E-state index contributed by atoms with van der Waals surface area (Å²) in [6.45, 7) is 13.6. The first kappa shape index (κ1) is 25.7. The Hall–Kier alpha value is -2.33. The Kier molecular flexibility index (Phi) is 10.6. The van der Waals surface area contributed by atoms with Crippen LogP contribution in [0.15, 0.2) is 72.4 Å². The second-order valence-electron chi connectivity index (χ2n) is 7.16. The monoisotopic (exact) mass is 417 g/mol. The maximum Gasteiger partial charge on any atom is 0.412 e. The van der Waals surface area contributed by atoms with E-state index in [9.17, 15) is 13.2 Å². The van der Waals surface area contributed by atoms with Crippen molar-refractivity contribution in [2.45, 2.75) is 59.7 Å². The van der Waals surface area contributed by atoms with Crippen molar-refractivity contribution in [3.8, 4) is 0 Å². The third-order valence-electron chi connectivity index (χ3n) is 4.78. The molecule has 2 aromatic rings. The number of aryl methyl sites for hydroxylation is 1. The number of rotatable bonds is 8. The predicted octanol–water partition coefficient (Wildman–Crippen LogP) is 8.23. The molecule has 164 valence electrons. The van der Waals surface area contributed by atoms with Crippen LogP contribution in [-0.4, -0.2) is 12.7 Å². The molecule has 0 saturated carbocycles. The average Bonchev–Trinajstić information content (AvgIpc) is 2.71. The minimum Gasteiger partial charge on any atom is -0.310 e. The van der Waals surface area contributed by atoms with Gasteiger partial charge in [-0.3, -0.25) is 0 Å². The summed E-state index contributed by atoms with van der Waals surface area (Å²) in [6.07, 6.45) is 1.40. The summed E-state index contributed by atoms with van der Waals surface area (Å²) in [5.74, 6) is 0. The van der Waals surface area contributed by atoms with Gasteiger partial charge in [-0.1, -0.05) is 80.6 Å². The van der Waals surface area contributed by atoms with Gasteiger partial charge in [-0.25, -0.2) is 0 Å². The highest BCUT2D eigenvalue weighted by Gasteiger charge is 2.29. The summed E-state index contributed by atoms with van der Waals surface area (Å²) in [4.78, 5) is 0. The summed E-state index contributed by atoms with van der Waals surface area (Å²) in [5.41, 5.74) is 2.50. The van der Waals surface area contributed by atoms with Crippen molar-refractivity contribution in [2.24, 2.45) is 0 Å². The first-order valence-corrected chi connectivity index (χ1v) is 10.5. The normalized spacial score (nSPS) is 13.6. The molecule has 0 bridgehead atoms. The Morgan fingerprint density at radius 3 is 2.47 bits per heavy atom. The average molecular weight is 418 g/mol. The van der Waals surface area contributed by atoms with Crippen LogP contribution in [0.2, 0.25) is 0 Å². The van der Waals surface area contributed by atoms with E-state index in [1.807, 2.05) is 26.0 Å². The fourth-order valence-corrected chi connectivity index (χ4v) is 3.29. The molecule has 0 fully saturated rings. The second-order valence-corrected chi connectivity index (χ2v) is 7.16. The Bertz CT molecular complexity index is 875. The van der Waals surface area contributed by atoms with Crippen molar-refractivity contribution >= 4 is 10.8 Å². The molecule has 0 aromatic heterocycles. The molecule has 0 amide bonds. The minimum absolute atomic E-state index is 0.157. The fourth-order valence-electron chi connectivity index (χ4n) is 3.29. The highest BCUT2D eigenvalue weighted by Crippen LogP contribution is 2.28. The lowest BCUT2D eigenvalue weighted by molar-refractivity contribution is -0.0913. The van der Waals surface area contributed by atoms with Crippen LogP contribution in [0.4, 0.5) is 13.2 Å². The fraction of sp³-hybridized carbons (Fsp3) is 0.385. The van der Waals surface area contributed by atoms with Gasteiger partial charge >= 0.3 is 6.18 Å². The van der Waals surface area contributed by atoms with E-state index in [4.69, 9.17) is 0 Å². The van der Waals surface area contributed by atoms with Gasteiger partial charge in [0.2, 0.25) is 0 Å². The van der Waals surface area contributed by atoms with Crippen LogP contribution in [-0.2, 0) is 0 Å². The maximum absolute atomic E-state index is 12.8. The van der Waals surface area contributed by atoms with Crippen LogP contribution in [0.3, 0.4) is 0 Å². The van der Waals surface area contributed by atoms with Gasteiger partial charge in [0, 0.05) is 11.6 Å². The Labute approximate surface area is 179 Å². The minimum atomic E-state index is -4.29. The van der Waals surface area contributed by atoms with E-state index in [2.05, 4.69) is 50.0 Å². The van der Waals surface area contributed by atoms with E-state index in [0.717, 1.165) is 19.9 Å². The van der Waals surface area contributed by atoms with Gasteiger partial charge in [-0.2, -0.15) is 13.2 Å². The zero-order valence-corrected chi connectivity index (χ0v) is 18.7. The summed E-state index contributed by atoms with van der Waals surface area (Å²) < 4.78 is 38.3. The van der Waals surface area contributed by atoms with E-state index in [1.165, 1.54) is 34.1 Å². The van der Waals surface area contributed by atoms with Crippen LogP contribution in [0.1, 0.15) is 57.7 Å². The number of fused-ring (bicyclic) bond motifs is 1. The number of benzene rings is 2. The van der Waals surface area contributed by atoms with Gasteiger partial charge in [0.1, 0.15) is 0 Å². The third kappa shape index (κ3) is 7.83. The lowest BCUT2D eigenvalue weighted by Crippen LogP contribution is -2.20. The van der Waals surface area contributed by atoms with Crippen molar-refractivity contribution in [2.75, 3.05) is 6.54 Å². The van der Waals surface area contributed by atoms with Crippen LogP contribution >= 0.6 is 0 Å². The van der Waals surface area contributed by atoms with E-state index < -0.39 is 11.7 Å². The highest BCUT2D eigenvalue weighted by atomic mass is 19.4. The molecule has 0 unspecified atom stereocenters. The molecule has 0 aliphatic carbocycles. The summed E-state index contributed by atoms with van der Waals surface area (Å²) >= 11 is 0. The van der Waals surface area contributed by atoms with Crippen molar-refractivity contribution in [1.82, 2.24) is 5.32 Å². The lowest BCUT2D eigenvalue weighted by Gasteiger charge is -2.18. The summed E-state index contributed by atoms with van der Waals surface area (Å²) in [5, 5.41) is 5.95. The number of allylic oxidation sites excluding steroid dienone is 5. The number of hydrogen-bond donors (Lipinski definition) is 1. The molecule has 30 heavy (non-hydrogen) atoms. The number of nitrogens with one attached hydrogen (secondary N) is 1. The molecule has 0 saturated heterocycles. The lowest BCUT2D eigenvalue weighted by atomic mass is 9.97. The molecule has 0 aliphatic heterocycles. The summed E-state index contributed by atoms with van der Waals surface area (Å²) in [6, 6.07) is 12.8. The molecular weight excluding hydrogens is 383 g/mol. The van der Waals surface area contributed by atoms with Crippen molar-refractivity contribution in [3.05, 3.63) is 83.5 Å². The molecule has 0 radical (unpaired) electrons. The molecule has 1 nitrogen and oxygen atoms in total. The summed E-state index contributed by atoms with van der Waals surface area (Å²) in [7, 11) is 0. The van der Waals surface area contributed by atoms with Crippen LogP contribution in [0, 0.1) is 6.92 Å². The highest BCUT2D eigenvalue weighted by molar-refractivity contribution is 5.86. The van der Waals surface area contributed by atoms with E-state index in [0.29, 0.717) is 12.0 Å². The van der Waals surface area contributed by atoms with Gasteiger partial charge in [-0.15, -0.1) is 0 Å². The van der Waals surface area contributed by atoms with Crippen LogP contribution in [0.25, 0.3) is 10.8 Å². The molecule has 1 N–H and O–H groups in total. The molecule has 2 aromatic carbocycles. The first-order chi connectivity index (χ1) is 14.2. The standard InChI is InChI=1S/C24H28F3N.C2H6/c1-5-9-20(16-18(3)24(25,26)27)10-8-13-28-19(4)23-15-17(2)14-21-11-6-7-12-22(21)23;1-2/h5-7,9,11-12,14-16,19,28H,1,8,10,13H2,2-4H3;1-2H3/b18-16+,20-9-;/t19-;/m1./s1. The van der Waals surface area contributed by atoms with Gasteiger partial charge in [0.25, 0.3) is 0 Å². The molecule has 0 heterocycles. The van der Waals surface area contributed by atoms with Crippen molar-refractivity contribution < 1.29 is 13.2 Å². The Morgan fingerprint density at radius 1 is 1.17 bits per heavy atom. The molecule has 1 atom stereocenters. The molecule has 0 aliphatic rings. The van der Waals surface area contributed by atoms with Crippen LogP contribution < -0.4 is 5.32 Å². The largest absolute Gasteiger partial charge is 0.412 e. The zero-order valence-electron chi connectivity index (χ0n) is 18.7. The molecule has 4 heteroatoms. The smallest absolute Gasteiger partial charge is 0.310 e. The maximum atomic E-state index is 12.8. The quantitative estimate of drug-likeness (QED) is 0.337. The van der Waals surface area contributed by atoms with Gasteiger partial charge in [0.15, 0.2) is 0 Å². The van der Waals surface area contributed by atoms with Crippen LogP contribution in [0.5, 0.6) is 0 Å². The zero-order chi connectivity index (χ0) is 22.7. The number of halogens is 3. The molecule has 2 rings (SSSR count). The number of alkyl halides is 3. The van der Waals surface area contributed by atoms with Crippen molar-refractivity contribution in [1.29, 1.82) is 0 Å². The van der Waals surface area contributed by atoms with Crippen molar-refractivity contribution in [3.63, 3.8) is 0 Å². The van der Waals surface area contributed by atoms with E-state index >= 15 is 0 Å². The van der Waals surface area contributed by atoms with E-state index in [-0.39, 0.29) is 6.04 Å². The van der Waals surface area contributed by atoms with Gasteiger partial charge < -0.3 is 5.32 Å². The SMILES string of the molecule is C=C/C=C(\C=C(/C)C(F)(F)F)CCCN[C@H](C)c1cc(C)cc2ccccc12.CC. The predicted molar refractivity (Wildman–Crippen MR) is 124 cm³/mol. The Balaban J connectivity index is 0.00000218. The van der Waals surface area contributed by atoms with Gasteiger partial charge in [0.05, 0.1) is 0 Å². The van der Waals surface area contributed by atoms with E-state index in [1.54, 1.807) is 6.08 Å².